The van der Waals surface area contributed by atoms with E-state index >= 15 is 0 Å². The van der Waals surface area contributed by atoms with Gasteiger partial charge in [-0.3, -0.25) is 14.4 Å². The topological polar surface area (TPSA) is 89.8 Å². The number of hydrogen-bond acceptors (Lipinski definition) is 6. The van der Waals surface area contributed by atoms with Gasteiger partial charge in [-0.2, -0.15) is 5.10 Å². The van der Waals surface area contributed by atoms with Gasteiger partial charge in [-0.25, -0.2) is 9.78 Å². The Morgan fingerprint density at radius 2 is 1.69 bits per heavy atom. The first-order chi connectivity index (χ1) is 24.4. The molecule has 2 aromatic heterocycles. The summed E-state index contributed by atoms with van der Waals surface area (Å²) in [6.45, 7) is 13.0. The molecule has 2 bridgehead atoms. The molecule has 5 fully saturated rings. The maximum atomic E-state index is 14.7. The van der Waals surface area contributed by atoms with E-state index in [1.807, 2.05) is 32.9 Å². The van der Waals surface area contributed by atoms with Crippen LogP contribution in [0.25, 0.3) is 11.1 Å². The van der Waals surface area contributed by atoms with Gasteiger partial charge in [-0.05, 0) is 150 Å². The lowest BCUT2D eigenvalue weighted by molar-refractivity contribution is -0.124. The third kappa shape index (κ3) is 7.27. The second-order valence-electron chi connectivity index (χ2n) is 17.3. The number of benzene rings is 1. The summed E-state index contributed by atoms with van der Waals surface area (Å²) in [7, 11) is 1.74. The fraction of sp³-hybridized carbons (Fsp3) is 0.619. The van der Waals surface area contributed by atoms with Crippen molar-refractivity contribution in [2.24, 2.45) is 17.3 Å². The normalized spacial score (nSPS) is 27.7. The summed E-state index contributed by atoms with van der Waals surface area (Å²) in [6, 6.07) is 10.8. The van der Waals surface area contributed by atoms with Crippen LogP contribution in [0.5, 0.6) is 5.75 Å². The number of carbonyl (C=O) groups is 2. The van der Waals surface area contributed by atoms with E-state index in [1.54, 1.807) is 7.11 Å². The van der Waals surface area contributed by atoms with Gasteiger partial charge in [0.25, 0.3) is 0 Å². The van der Waals surface area contributed by atoms with E-state index in [2.05, 4.69) is 70.2 Å². The van der Waals surface area contributed by atoms with Crippen molar-refractivity contribution in [2.75, 3.05) is 31.6 Å². The summed E-state index contributed by atoms with van der Waals surface area (Å²) in [6.07, 6.45) is 16.1. The van der Waals surface area contributed by atoms with Crippen molar-refractivity contribution in [1.82, 2.24) is 19.7 Å². The van der Waals surface area contributed by atoms with Crippen LogP contribution in [0.3, 0.4) is 0 Å². The molecule has 2 amide bonds. The molecular formula is C42H57N5O4. The summed E-state index contributed by atoms with van der Waals surface area (Å²) in [5.74, 6) is 2.23. The molecule has 8 rings (SSSR count). The summed E-state index contributed by atoms with van der Waals surface area (Å²) in [4.78, 5) is 36.3. The van der Waals surface area contributed by atoms with Gasteiger partial charge in [0.2, 0.25) is 5.91 Å². The van der Waals surface area contributed by atoms with E-state index in [-0.39, 0.29) is 40.4 Å². The van der Waals surface area contributed by atoms with Crippen LogP contribution in [0.1, 0.15) is 109 Å². The first-order valence-corrected chi connectivity index (χ1v) is 19.3. The highest BCUT2D eigenvalue weighted by atomic mass is 16.6. The van der Waals surface area contributed by atoms with Gasteiger partial charge in [0.15, 0.2) is 0 Å². The van der Waals surface area contributed by atoms with Crippen LogP contribution >= 0.6 is 0 Å². The van der Waals surface area contributed by atoms with Gasteiger partial charge >= 0.3 is 6.09 Å². The Balaban J connectivity index is 1.10. The highest BCUT2D eigenvalue weighted by Gasteiger charge is 2.51. The average Bonchev–Trinajstić information content (AvgIpc) is 3.82. The highest BCUT2D eigenvalue weighted by Crippen LogP contribution is 2.58. The number of methoxy groups -OCH3 is 1. The molecule has 3 heterocycles. The zero-order valence-electron chi connectivity index (χ0n) is 31.6. The summed E-state index contributed by atoms with van der Waals surface area (Å²) < 4.78 is 13.5. The summed E-state index contributed by atoms with van der Waals surface area (Å²) in [5, 5.41) is 4.64. The molecule has 3 aromatic rings. The number of aromatic nitrogens is 3. The predicted molar refractivity (Wildman–Crippen MR) is 200 cm³/mol. The van der Waals surface area contributed by atoms with Crippen molar-refractivity contribution in [1.29, 1.82) is 0 Å². The zero-order chi connectivity index (χ0) is 36.0. The van der Waals surface area contributed by atoms with E-state index in [1.165, 1.54) is 11.1 Å². The fourth-order valence-corrected chi connectivity index (χ4v) is 9.30. The van der Waals surface area contributed by atoms with Crippen LogP contribution in [-0.4, -0.2) is 64.5 Å². The number of fused-ring (bicyclic) bond motifs is 3. The van der Waals surface area contributed by atoms with Crippen molar-refractivity contribution in [2.45, 2.75) is 122 Å². The Morgan fingerprint density at radius 3 is 2.29 bits per heavy atom. The van der Waals surface area contributed by atoms with Crippen LogP contribution in [0, 0.1) is 24.2 Å². The van der Waals surface area contributed by atoms with E-state index in [0.717, 1.165) is 80.7 Å². The predicted octanol–water partition coefficient (Wildman–Crippen LogP) is 8.68. The van der Waals surface area contributed by atoms with Crippen molar-refractivity contribution in [3.8, 4) is 16.9 Å². The Morgan fingerprint density at radius 1 is 0.961 bits per heavy atom. The number of hydrogen-bond donors (Lipinski definition) is 0. The second kappa shape index (κ2) is 13.9. The Bertz CT molecular complexity index is 1710. The number of likely N-dealkylation sites (tertiary alicyclic amines) is 1. The maximum Gasteiger partial charge on any atom is 0.410 e. The number of pyridine rings is 1. The fourth-order valence-electron chi connectivity index (χ4n) is 9.30. The number of amides is 2. The Hall–Kier alpha value is -3.88. The number of ether oxygens (including phenoxy) is 2. The monoisotopic (exact) mass is 695 g/mol. The summed E-state index contributed by atoms with van der Waals surface area (Å²) in [5.41, 5.74) is 4.79. The molecular weight excluding hydrogens is 638 g/mol. The third-order valence-electron chi connectivity index (χ3n) is 12.8. The smallest absolute Gasteiger partial charge is 0.410 e. The molecule has 4 aliphatic carbocycles. The largest absolute Gasteiger partial charge is 0.496 e. The maximum absolute atomic E-state index is 14.7. The molecule has 0 N–H and O–H groups in total. The van der Waals surface area contributed by atoms with Crippen LogP contribution < -0.4 is 9.64 Å². The molecule has 1 aromatic carbocycles. The van der Waals surface area contributed by atoms with Gasteiger partial charge < -0.3 is 14.4 Å². The molecule has 5 aliphatic rings. The molecule has 4 saturated carbocycles. The first-order valence-electron chi connectivity index (χ1n) is 19.3. The first kappa shape index (κ1) is 35.5. The van der Waals surface area contributed by atoms with E-state index in [9.17, 15) is 9.59 Å². The lowest BCUT2D eigenvalue weighted by Crippen LogP contribution is -2.52. The van der Waals surface area contributed by atoms with Crippen molar-refractivity contribution >= 4 is 17.8 Å². The van der Waals surface area contributed by atoms with Crippen molar-refractivity contribution in [3.63, 3.8) is 0 Å². The van der Waals surface area contributed by atoms with Crippen LogP contribution in [-0.2, 0) is 20.5 Å². The van der Waals surface area contributed by atoms with Crippen LogP contribution in [0.4, 0.5) is 10.6 Å². The average molecular weight is 696 g/mol. The van der Waals surface area contributed by atoms with Crippen LogP contribution in [0.2, 0.25) is 0 Å². The molecule has 9 nitrogen and oxygen atoms in total. The minimum Gasteiger partial charge on any atom is -0.496 e. The van der Waals surface area contributed by atoms with Gasteiger partial charge in [-0.15, -0.1) is 0 Å². The molecule has 51 heavy (non-hydrogen) atoms. The SMILES string of the molecule is COc1ccc(C23CCC(CN(c4cc(-c5cnn(C(C)(C)C)c5)ccn4)C(=O)[C@H]4CC[C@H](OC(=O)N5CCC(C)C5)CC4)(CC2)CC3)cc1C. The van der Waals surface area contributed by atoms with Crippen LogP contribution in [0.15, 0.2) is 48.9 Å². The standard InChI is InChI=1S/C42H57N5O4/c1-29-14-22-45(26-29)39(49)51-35-10-7-31(8-11-35)38(48)46(37-24-32(13-21-43-37)33-25-44-47(27-33)40(3,4)5)28-41-15-18-42(19-16-41,20-17-41)34-9-12-36(50-6)30(2)23-34/h9,12-13,21,23-25,27,29,31,35H,7-8,10-11,14-20,22,26,28H2,1-6H3/t29?,31-,35-,41?,42?. The lowest BCUT2D eigenvalue weighted by Gasteiger charge is -2.55. The van der Waals surface area contributed by atoms with Gasteiger partial charge in [0.05, 0.1) is 18.8 Å². The van der Waals surface area contributed by atoms with E-state index < -0.39 is 0 Å². The number of rotatable bonds is 8. The highest BCUT2D eigenvalue weighted by molar-refractivity contribution is 5.95. The quantitative estimate of drug-likeness (QED) is 0.234. The minimum atomic E-state index is -0.193. The van der Waals surface area contributed by atoms with Gasteiger partial charge in [0.1, 0.15) is 17.7 Å². The molecule has 0 spiro atoms. The lowest BCUT2D eigenvalue weighted by atomic mass is 9.51. The molecule has 9 heteroatoms. The van der Waals surface area contributed by atoms with E-state index in [4.69, 9.17) is 14.5 Å². The molecule has 1 saturated heterocycles. The number of aryl methyl sites for hydroxylation is 1. The Labute approximate surface area is 304 Å². The number of anilines is 1. The molecule has 1 atom stereocenters. The summed E-state index contributed by atoms with van der Waals surface area (Å²) >= 11 is 0. The Kier molecular flexibility index (Phi) is 9.70. The number of nitrogens with zero attached hydrogens (tertiary/aromatic N) is 5. The van der Waals surface area contributed by atoms with Gasteiger partial charge in [-0.1, -0.05) is 19.1 Å². The molecule has 1 aliphatic heterocycles. The van der Waals surface area contributed by atoms with Crippen molar-refractivity contribution < 1.29 is 19.1 Å². The third-order valence-corrected chi connectivity index (χ3v) is 12.8. The van der Waals surface area contributed by atoms with E-state index in [0.29, 0.717) is 38.1 Å². The molecule has 274 valence electrons. The second-order valence-corrected chi connectivity index (χ2v) is 17.3. The zero-order valence-corrected chi connectivity index (χ0v) is 31.6. The number of carbonyl (C=O) groups excluding carboxylic acids is 2. The van der Waals surface area contributed by atoms with Crippen molar-refractivity contribution in [3.05, 3.63) is 60.0 Å². The minimum absolute atomic E-state index is 0.0628. The molecule has 0 radical (unpaired) electrons. The van der Waals surface area contributed by atoms with Gasteiger partial charge in [0, 0.05) is 43.5 Å². The molecule has 1 unspecified atom stereocenters.